The number of carbonyl (C=O) groups is 2. The summed E-state index contributed by atoms with van der Waals surface area (Å²) >= 11 is 6.07. The lowest BCUT2D eigenvalue weighted by molar-refractivity contribution is 0.0636. The zero-order chi connectivity index (χ0) is 20.9. The Hall–Kier alpha value is -2.93. The molecule has 7 nitrogen and oxygen atoms in total. The highest BCUT2D eigenvalue weighted by Crippen LogP contribution is 2.36. The molecule has 8 heteroatoms. The number of halogens is 1. The Morgan fingerprint density at radius 3 is 2.07 bits per heavy atom. The first kappa shape index (κ1) is 21.4. The Kier molecular flexibility index (Phi) is 6.75. The Labute approximate surface area is 168 Å². The number of carbonyl (C=O) groups excluding carboxylic acids is 2. The van der Waals surface area contributed by atoms with Crippen LogP contribution in [-0.4, -0.2) is 31.8 Å². The van der Waals surface area contributed by atoms with Gasteiger partial charge in [-0.25, -0.2) is 4.79 Å². The number of amides is 2. The van der Waals surface area contributed by atoms with Gasteiger partial charge < -0.3 is 19.5 Å². The predicted molar refractivity (Wildman–Crippen MR) is 109 cm³/mol. The van der Waals surface area contributed by atoms with Crippen LogP contribution in [0.15, 0.2) is 36.4 Å². The molecular formula is C20H23ClN2O5. The number of ether oxygens (including phenoxy) is 3. The summed E-state index contributed by atoms with van der Waals surface area (Å²) < 4.78 is 15.6. The average molecular weight is 407 g/mol. The maximum absolute atomic E-state index is 12.5. The molecular weight excluding hydrogens is 384 g/mol. The summed E-state index contributed by atoms with van der Waals surface area (Å²) in [7, 11) is 2.96. The van der Waals surface area contributed by atoms with Gasteiger partial charge >= 0.3 is 6.09 Å². The second-order valence-electron chi connectivity index (χ2n) is 6.85. The molecule has 0 unspecified atom stereocenters. The lowest BCUT2D eigenvalue weighted by atomic mass is 10.2. The molecule has 2 aromatic rings. The minimum absolute atomic E-state index is 0.355. The minimum atomic E-state index is -0.595. The quantitative estimate of drug-likeness (QED) is 0.733. The molecule has 2 rings (SSSR count). The summed E-state index contributed by atoms with van der Waals surface area (Å²) in [6.07, 6.45) is -0.567. The fraction of sp³-hybridized carbons (Fsp3) is 0.300. The van der Waals surface area contributed by atoms with Gasteiger partial charge in [0.2, 0.25) is 0 Å². The monoisotopic (exact) mass is 406 g/mol. The highest BCUT2D eigenvalue weighted by Gasteiger charge is 2.17. The van der Waals surface area contributed by atoms with Gasteiger partial charge in [0.15, 0.2) is 0 Å². The van der Waals surface area contributed by atoms with Crippen LogP contribution in [0.4, 0.5) is 16.2 Å². The molecule has 0 aliphatic carbocycles. The van der Waals surface area contributed by atoms with E-state index in [-0.39, 0.29) is 5.91 Å². The van der Waals surface area contributed by atoms with Crippen LogP contribution in [0.5, 0.6) is 11.5 Å². The van der Waals surface area contributed by atoms with Crippen molar-refractivity contribution in [2.24, 2.45) is 0 Å². The number of hydrogen-bond acceptors (Lipinski definition) is 5. The van der Waals surface area contributed by atoms with Gasteiger partial charge in [-0.15, -0.1) is 0 Å². The fourth-order valence-corrected chi connectivity index (χ4v) is 2.51. The highest BCUT2D eigenvalue weighted by atomic mass is 35.5. The number of nitrogens with one attached hydrogen (secondary N) is 2. The van der Waals surface area contributed by atoms with Crippen molar-refractivity contribution in [2.45, 2.75) is 26.4 Å². The predicted octanol–water partition coefficient (Wildman–Crippen LogP) is 4.96. The molecule has 2 N–H and O–H groups in total. The standard InChI is InChI=1S/C20H23ClN2O5/c1-20(2,3)28-19(25)22-13-8-6-12(7-9-13)18(24)23-15-11-16(26-4)14(21)10-17(15)27-5/h6-11H,1-5H3,(H,22,25)(H,23,24). The first-order valence-corrected chi connectivity index (χ1v) is 8.83. The van der Waals surface area contributed by atoms with E-state index in [1.54, 1.807) is 57.2 Å². The van der Waals surface area contributed by atoms with E-state index in [1.165, 1.54) is 14.2 Å². The van der Waals surface area contributed by atoms with Crippen LogP contribution in [0.2, 0.25) is 5.02 Å². The van der Waals surface area contributed by atoms with E-state index in [1.807, 2.05) is 0 Å². The molecule has 28 heavy (non-hydrogen) atoms. The summed E-state index contributed by atoms with van der Waals surface area (Å²) in [6.45, 7) is 5.33. The van der Waals surface area contributed by atoms with E-state index < -0.39 is 11.7 Å². The molecule has 0 saturated heterocycles. The molecule has 0 bridgehead atoms. The topological polar surface area (TPSA) is 85.9 Å². The van der Waals surface area contributed by atoms with Gasteiger partial charge in [-0.1, -0.05) is 11.6 Å². The summed E-state index contributed by atoms with van der Waals surface area (Å²) in [4.78, 5) is 24.3. The maximum Gasteiger partial charge on any atom is 0.412 e. The van der Waals surface area contributed by atoms with E-state index in [0.29, 0.717) is 33.5 Å². The molecule has 0 radical (unpaired) electrons. The number of anilines is 2. The molecule has 0 aromatic heterocycles. The van der Waals surface area contributed by atoms with Crippen LogP contribution in [0.1, 0.15) is 31.1 Å². The molecule has 2 amide bonds. The smallest absolute Gasteiger partial charge is 0.412 e. The van der Waals surface area contributed by atoms with Crippen molar-refractivity contribution in [3.8, 4) is 11.5 Å². The molecule has 0 saturated carbocycles. The lowest BCUT2D eigenvalue weighted by Gasteiger charge is -2.19. The summed E-state index contributed by atoms with van der Waals surface area (Å²) in [5.41, 5.74) is 0.731. The summed E-state index contributed by atoms with van der Waals surface area (Å²) in [6, 6.07) is 9.53. The van der Waals surface area contributed by atoms with Crippen LogP contribution in [0, 0.1) is 0 Å². The van der Waals surface area contributed by atoms with Crippen molar-refractivity contribution in [3.05, 3.63) is 47.0 Å². The number of rotatable bonds is 5. The molecule has 0 aliphatic rings. The number of methoxy groups -OCH3 is 2. The Morgan fingerprint density at radius 2 is 1.54 bits per heavy atom. The summed E-state index contributed by atoms with van der Waals surface area (Å²) in [5, 5.41) is 5.74. The van der Waals surface area contributed by atoms with E-state index in [4.69, 9.17) is 25.8 Å². The molecule has 0 atom stereocenters. The molecule has 150 valence electrons. The van der Waals surface area contributed by atoms with Gasteiger partial charge in [0.05, 0.1) is 24.9 Å². The largest absolute Gasteiger partial charge is 0.495 e. The summed E-state index contributed by atoms with van der Waals surface area (Å²) in [5.74, 6) is 0.462. The van der Waals surface area contributed by atoms with Gasteiger partial charge in [-0.2, -0.15) is 0 Å². The van der Waals surface area contributed by atoms with E-state index >= 15 is 0 Å². The van der Waals surface area contributed by atoms with Gasteiger partial charge in [-0.3, -0.25) is 10.1 Å². The van der Waals surface area contributed by atoms with Crippen LogP contribution in [0.25, 0.3) is 0 Å². The van der Waals surface area contributed by atoms with Crippen LogP contribution in [-0.2, 0) is 4.74 Å². The zero-order valence-corrected chi connectivity index (χ0v) is 17.1. The van der Waals surface area contributed by atoms with E-state index in [2.05, 4.69) is 10.6 Å². The zero-order valence-electron chi connectivity index (χ0n) is 16.4. The maximum atomic E-state index is 12.5. The van der Waals surface area contributed by atoms with Crippen molar-refractivity contribution < 1.29 is 23.8 Å². The number of hydrogen-bond donors (Lipinski definition) is 2. The Balaban J connectivity index is 2.10. The van der Waals surface area contributed by atoms with Gasteiger partial charge in [0, 0.05) is 23.4 Å². The van der Waals surface area contributed by atoms with Gasteiger partial charge in [-0.05, 0) is 45.0 Å². The SMILES string of the molecule is COc1cc(NC(=O)c2ccc(NC(=O)OC(C)(C)C)cc2)c(OC)cc1Cl. The Morgan fingerprint density at radius 1 is 0.929 bits per heavy atom. The van der Waals surface area contributed by atoms with Crippen molar-refractivity contribution in [3.63, 3.8) is 0 Å². The van der Waals surface area contributed by atoms with Crippen molar-refractivity contribution in [2.75, 3.05) is 24.9 Å². The number of benzene rings is 2. The first-order chi connectivity index (χ1) is 13.1. The first-order valence-electron chi connectivity index (χ1n) is 8.46. The lowest BCUT2D eigenvalue weighted by Crippen LogP contribution is -2.27. The Bertz CT molecular complexity index is 860. The van der Waals surface area contributed by atoms with Crippen molar-refractivity contribution in [1.29, 1.82) is 0 Å². The second-order valence-corrected chi connectivity index (χ2v) is 7.25. The normalized spacial score (nSPS) is 10.8. The molecule has 0 fully saturated rings. The van der Waals surface area contributed by atoms with Crippen LogP contribution in [0.3, 0.4) is 0 Å². The van der Waals surface area contributed by atoms with Crippen LogP contribution >= 0.6 is 11.6 Å². The third-order valence-corrected chi connectivity index (χ3v) is 3.81. The van der Waals surface area contributed by atoms with E-state index in [0.717, 1.165) is 0 Å². The average Bonchev–Trinajstić information content (AvgIpc) is 2.61. The molecule has 0 aliphatic heterocycles. The van der Waals surface area contributed by atoms with Gasteiger partial charge in [0.25, 0.3) is 5.91 Å². The second kappa shape index (κ2) is 8.84. The third kappa shape index (κ3) is 5.79. The minimum Gasteiger partial charge on any atom is -0.495 e. The van der Waals surface area contributed by atoms with E-state index in [9.17, 15) is 9.59 Å². The van der Waals surface area contributed by atoms with Crippen molar-refractivity contribution in [1.82, 2.24) is 0 Å². The van der Waals surface area contributed by atoms with Crippen molar-refractivity contribution >= 4 is 35.0 Å². The van der Waals surface area contributed by atoms with Crippen LogP contribution < -0.4 is 20.1 Å². The highest BCUT2D eigenvalue weighted by molar-refractivity contribution is 6.32. The fourth-order valence-electron chi connectivity index (χ4n) is 2.28. The molecule has 0 spiro atoms. The third-order valence-electron chi connectivity index (χ3n) is 3.51. The molecule has 0 heterocycles. The van der Waals surface area contributed by atoms with Gasteiger partial charge in [0.1, 0.15) is 17.1 Å². The molecule has 2 aromatic carbocycles.